The van der Waals surface area contributed by atoms with Crippen LogP contribution in [0.5, 0.6) is 5.75 Å². The molecule has 94 valence electrons. The van der Waals surface area contributed by atoms with Crippen molar-refractivity contribution in [2.24, 2.45) is 11.1 Å². The fourth-order valence-corrected chi connectivity index (χ4v) is 2.76. The molecule has 0 heterocycles. The first-order valence-electron chi connectivity index (χ1n) is 6.13. The number of rotatable bonds is 5. The molecule has 17 heavy (non-hydrogen) atoms. The van der Waals surface area contributed by atoms with Crippen molar-refractivity contribution >= 4 is 0 Å². The van der Waals surface area contributed by atoms with Crippen molar-refractivity contribution in [2.75, 3.05) is 27.7 Å². The van der Waals surface area contributed by atoms with Crippen molar-refractivity contribution in [3.05, 3.63) is 29.8 Å². The van der Waals surface area contributed by atoms with Crippen LogP contribution in [0.4, 0.5) is 0 Å². The van der Waals surface area contributed by atoms with Gasteiger partial charge in [0.15, 0.2) is 0 Å². The second-order valence-corrected chi connectivity index (χ2v) is 5.21. The summed E-state index contributed by atoms with van der Waals surface area (Å²) in [6, 6.07) is 8.72. The van der Waals surface area contributed by atoms with Crippen molar-refractivity contribution in [2.45, 2.75) is 18.9 Å². The normalized spacial score (nSPS) is 19.1. The van der Waals surface area contributed by atoms with Gasteiger partial charge in [-0.1, -0.05) is 12.1 Å². The molecular formula is C14H22N2O. The van der Waals surface area contributed by atoms with Crippen LogP contribution in [0.2, 0.25) is 0 Å². The number of nitrogens with zero attached hydrogens (tertiary/aromatic N) is 1. The summed E-state index contributed by atoms with van der Waals surface area (Å²) in [5, 5.41) is 0. The summed E-state index contributed by atoms with van der Waals surface area (Å²) < 4.78 is 5.30. The Morgan fingerprint density at radius 1 is 1.41 bits per heavy atom. The molecule has 1 atom stereocenters. The summed E-state index contributed by atoms with van der Waals surface area (Å²) in [5.74, 6) is 0.919. The molecule has 3 nitrogen and oxygen atoms in total. The monoisotopic (exact) mass is 234 g/mol. The van der Waals surface area contributed by atoms with Crippen LogP contribution in [0.1, 0.15) is 24.4 Å². The number of nitrogens with two attached hydrogens (primary N) is 1. The van der Waals surface area contributed by atoms with Gasteiger partial charge in [0, 0.05) is 11.5 Å². The lowest BCUT2D eigenvalue weighted by Crippen LogP contribution is -2.33. The number of ether oxygens (including phenoxy) is 1. The average Bonchev–Trinajstić information content (AvgIpc) is 3.10. The van der Waals surface area contributed by atoms with Crippen molar-refractivity contribution in [1.29, 1.82) is 0 Å². The van der Waals surface area contributed by atoms with E-state index in [4.69, 9.17) is 10.5 Å². The van der Waals surface area contributed by atoms with Crippen molar-refractivity contribution in [1.82, 2.24) is 4.90 Å². The third-order valence-electron chi connectivity index (χ3n) is 3.80. The summed E-state index contributed by atoms with van der Waals surface area (Å²) in [4.78, 5) is 2.27. The van der Waals surface area contributed by atoms with Crippen LogP contribution in [-0.4, -0.2) is 32.6 Å². The van der Waals surface area contributed by atoms with Crippen LogP contribution in [0, 0.1) is 5.41 Å². The molecular weight excluding hydrogens is 212 g/mol. The van der Waals surface area contributed by atoms with Gasteiger partial charge in [0.1, 0.15) is 5.75 Å². The molecule has 0 aromatic heterocycles. The van der Waals surface area contributed by atoms with Gasteiger partial charge in [0.2, 0.25) is 0 Å². The van der Waals surface area contributed by atoms with Crippen LogP contribution in [0.3, 0.4) is 0 Å². The Labute approximate surface area is 104 Å². The quantitative estimate of drug-likeness (QED) is 0.847. The molecule has 1 aromatic carbocycles. The van der Waals surface area contributed by atoms with E-state index in [0.29, 0.717) is 6.04 Å². The molecule has 1 aromatic rings. The highest BCUT2D eigenvalue weighted by atomic mass is 16.5. The van der Waals surface area contributed by atoms with E-state index in [1.807, 2.05) is 6.07 Å². The first kappa shape index (κ1) is 12.4. The van der Waals surface area contributed by atoms with E-state index in [-0.39, 0.29) is 5.41 Å². The minimum absolute atomic E-state index is 0.274. The molecule has 0 radical (unpaired) electrons. The molecule has 0 bridgehead atoms. The molecule has 0 spiro atoms. The maximum atomic E-state index is 5.96. The van der Waals surface area contributed by atoms with Crippen LogP contribution >= 0.6 is 0 Å². The van der Waals surface area contributed by atoms with E-state index in [0.717, 1.165) is 12.3 Å². The third-order valence-corrected chi connectivity index (χ3v) is 3.80. The number of methoxy groups -OCH3 is 1. The number of benzene rings is 1. The molecule has 0 amide bonds. The zero-order valence-corrected chi connectivity index (χ0v) is 10.9. The molecule has 0 saturated heterocycles. The van der Waals surface area contributed by atoms with Crippen LogP contribution in [0.15, 0.2) is 24.3 Å². The topological polar surface area (TPSA) is 38.5 Å². The minimum atomic E-state index is 0.274. The fraction of sp³-hybridized carbons (Fsp3) is 0.571. The molecule has 0 aliphatic heterocycles. The van der Waals surface area contributed by atoms with E-state index in [2.05, 4.69) is 37.2 Å². The Kier molecular flexibility index (Phi) is 3.40. The highest BCUT2D eigenvalue weighted by Gasteiger charge is 2.49. The van der Waals surface area contributed by atoms with Gasteiger partial charge in [0.05, 0.1) is 7.11 Å². The van der Waals surface area contributed by atoms with E-state index in [1.54, 1.807) is 7.11 Å². The Balaban J connectivity index is 2.33. The lowest BCUT2D eigenvalue weighted by molar-refractivity contribution is 0.198. The van der Waals surface area contributed by atoms with Gasteiger partial charge < -0.3 is 15.4 Å². The zero-order chi connectivity index (χ0) is 12.5. The van der Waals surface area contributed by atoms with E-state index < -0.39 is 0 Å². The van der Waals surface area contributed by atoms with Gasteiger partial charge in [-0.05, 0) is 51.2 Å². The molecule has 2 N–H and O–H groups in total. The third kappa shape index (κ3) is 2.31. The molecule has 1 saturated carbocycles. The van der Waals surface area contributed by atoms with Crippen LogP contribution in [-0.2, 0) is 0 Å². The van der Waals surface area contributed by atoms with Crippen molar-refractivity contribution in [3.63, 3.8) is 0 Å². The Bertz CT molecular complexity index is 386. The molecule has 1 aliphatic rings. The molecule has 1 unspecified atom stereocenters. The van der Waals surface area contributed by atoms with Gasteiger partial charge >= 0.3 is 0 Å². The fourth-order valence-electron chi connectivity index (χ4n) is 2.76. The average molecular weight is 234 g/mol. The predicted molar refractivity (Wildman–Crippen MR) is 70.1 cm³/mol. The Morgan fingerprint density at radius 2 is 2.12 bits per heavy atom. The van der Waals surface area contributed by atoms with E-state index in [1.165, 1.54) is 18.4 Å². The largest absolute Gasteiger partial charge is 0.497 e. The van der Waals surface area contributed by atoms with Crippen molar-refractivity contribution in [3.8, 4) is 5.75 Å². The highest BCUT2D eigenvalue weighted by Crippen LogP contribution is 2.56. The van der Waals surface area contributed by atoms with E-state index in [9.17, 15) is 0 Å². The maximum Gasteiger partial charge on any atom is 0.119 e. The molecule has 1 aliphatic carbocycles. The van der Waals surface area contributed by atoms with Crippen molar-refractivity contribution < 1.29 is 4.74 Å². The summed E-state index contributed by atoms with van der Waals surface area (Å²) in [6.07, 6.45) is 2.45. The summed E-state index contributed by atoms with van der Waals surface area (Å²) >= 11 is 0. The van der Waals surface area contributed by atoms with Gasteiger partial charge in [0.25, 0.3) is 0 Å². The Morgan fingerprint density at radius 3 is 2.59 bits per heavy atom. The Hall–Kier alpha value is -1.06. The van der Waals surface area contributed by atoms with Crippen LogP contribution < -0.4 is 10.5 Å². The smallest absolute Gasteiger partial charge is 0.119 e. The van der Waals surface area contributed by atoms with Crippen LogP contribution in [0.25, 0.3) is 0 Å². The van der Waals surface area contributed by atoms with E-state index >= 15 is 0 Å². The number of hydrogen-bond acceptors (Lipinski definition) is 3. The minimum Gasteiger partial charge on any atom is -0.497 e. The SMILES string of the molecule is COc1cccc(C(N(C)C)C2(CN)CC2)c1. The number of hydrogen-bond donors (Lipinski definition) is 1. The zero-order valence-electron chi connectivity index (χ0n) is 10.9. The maximum absolute atomic E-state index is 5.96. The standard InChI is InChI=1S/C14H22N2O/c1-16(2)13(14(10-15)7-8-14)11-5-4-6-12(9-11)17-3/h4-6,9,13H,7-8,10,15H2,1-3H3. The van der Waals surface area contributed by atoms with Gasteiger partial charge in [-0.25, -0.2) is 0 Å². The second-order valence-electron chi connectivity index (χ2n) is 5.21. The lowest BCUT2D eigenvalue weighted by atomic mass is 9.89. The summed E-state index contributed by atoms with van der Waals surface area (Å²) in [6.45, 7) is 0.757. The molecule has 1 fully saturated rings. The van der Waals surface area contributed by atoms with Gasteiger partial charge in [-0.3, -0.25) is 0 Å². The summed E-state index contributed by atoms with van der Waals surface area (Å²) in [7, 11) is 5.96. The first-order chi connectivity index (χ1) is 8.13. The molecule has 2 rings (SSSR count). The highest BCUT2D eigenvalue weighted by molar-refractivity contribution is 5.33. The predicted octanol–water partition coefficient (Wildman–Crippen LogP) is 2.04. The van der Waals surface area contributed by atoms with Gasteiger partial charge in [-0.2, -0.15) is 0 Å². The van der Waals surface area contributed by atoms with Gasteiger partial charge in [-0.15, -0.1) is 0 Å². The second kappa shape index (κ2) is 4.67. The summed E-state index contributed by atoms with van der Waals surface area (Å²) in [5.41, 5.74) is 7.53. The lowest BCUT2D eigenvalue weighted by Gasteiger charge is -2.32. The first-order valence-corrected chi connectivity index (χ1v) is 6.13. The molecule has 3 heteroatoms.